The van der Waals surface area contributed by atoms with Gasteiger partial charge >= 0.3 is 12.2 Å². The molecule has 0 fully saturated rings. The zero-order chi connectivity index (χ0) is 16.3. The monoisotopic (exact) mass is 310 g/mol. The Bertz CT molecular complexity index is 699. The molecule has 0 saturated heterocycles. The van der Waals surface area contributed by atoms with Gasteiger partial charge in [0, 0.05) is 17.4 Å². The number of hydrogen-bond acceptors (Lipinski definition) is 2. The molecule has 2 amide bonds. The number of urea groups is 1. The van der Waals surface area contributed by atoms with Crippen LogP contribution in [-0.4, -0.2) is 11.1 Å². The van der Waals surface area contributed by atoms with Gasteiger partial charge in [0.1, 0.15) is 5.75 Å². The number of aryl methyl sites for hydroxylation is 1. The second kappa shape index (κ2) is 5.97. The number of aromatic hydroxyl groups is 1. The number of anilines is 2. The lowest BCUT2D eigenvalue weighted by atomic mass is 10.2. The van der Waals surface area contributed by atoms with Crippen LogP contribution in [0.5, 0.6) is 5.75 Å². The quantitative estimate of drug-likeness (QED) is 0.771. The van der Waals surface area contributed by atoms with Gasteiger partial charge in [-0.25, -0.2) is 4.79 Å². The van der Waals surface area contributed by atoms with E-state index in [0.29, 0.717) is 11.3 Å². The molecule has 0 aliphatic carbocycles. The summed E-state index contributed by atoms with van der Waals surface area (Å²) in [7, 11) is 0. The van der Waals surface area contributed by atoms with E-state index in [1.807, 2.05) is 0 Å². The average Bonchev–Trinajstić information content (AvgIpc) is 2.42. The van der Waals surface area contributed by atoms with Crippen LogP contribution in [-0.2, 0) is 6.18 Å². The molecule has 2 aromatic carbocycles. The van der Waals surface area contributed by atoms with Crippen molar-refractivity contribution < 1.29 is 23.1 Å². The predicted octanol–water partition coefficient (Wildman–Crippen LogP) is 4.36. The van der Waals surface area contributed by atoms with E-state index in [0.717, 1.165) is 12.1 Å². The number of benzene rings is 2. The molecule has 4 nitrogen and oxygen atoms in total. The first kappa shape index (κ1) is 15.7. The largest absolute Gasteiger partial charge is 0.508 e. The summed E-state index contributed by atoms with van der Waals surface area (Å²) in [6.07, 6.45) is -4.48. The fourth-order valence-electron chi connectivity index (χ4n) is 1.80. The maximum absolute atomic E-state index is 12.6. The molecule has 0 unspecified atom stereocenters. The van der Waals surface area contributed by atoms with Crippen molar-refractivity contribution in [3.63, 3.8) is 0 Å². The smallest absolute Gasteiger partial charge is 0.416 e. The first-order valence-corrected chi connectivity index (χ1v) is 6.30. The fourth-order valence-corrected chi connectivity index (χ4v) is 1.80. The van der Waals surface area contributed by atoms with Gasteiger partial charge in [0.25, 0.3) is 0 Å². The van der Waals surface area contributed by atoms with E-state index in [-0.39, 0.29) is 11.4 Å². The van der Waals surface area contributed by atoms with Crippen molar-refractivity contribution in [3.8, 4) is 5.75 Å². The van der Waals surface area contributed by atoms with Crippen LogP contribution < -0.4 is 10.6 Å². The van der Waals surface area contributed by atoms with Gasteiger partial charge in [-0.3, -0.25) is 0 Å². The number of carbonyl (C=O) groups excluding carboxylic acids is 1. The zero-order valence-electron chi connectivity index (χ0n) is 11.5. The Morgan fingerprint density at radius 2 is 1.82 bits per heavy atom. The van der Waals surface area contributed by atoms with Gasteiger partial charge in [-0.2, -0.15) is 13.2 Å². The molecule has 116 valence electrons. The van der Waals surface area contributed by atoms with Crippen molar-refractivity contribution in [2.24, 2.45) is 0 Å². The van der Waals surface area contributed by atoms with Crippen LogP contribution in [0.2, 0.25) is 0 Å². The molecule has 2 aromatic rings. The number of nitrogens with one attached hydrogen (secondary N) is 2. The third kappa shape index (κ3) is 3.91. The van der Waals surface area contributed by atoms with E-state index >= 15 is 0 Å². The Kier molecular flexibility index (Phi) is 4.25. The second-order valence-electron chi connectivity index (χ2n) is 4.66. The SMILES string of the molecule is Cc1ccc(O)cc1NC(=O)Nc1cccc(C(F)(F)F)c1. The van der Waals surface area contributed by atoms with Crippen molar-refractivity contribution in [3.05, 3.63) is 53.6 Å². The number of halogens is 3. The maximum Gasteiger partial charge on any atom is 0.416 e. The third-order valence-corrected chi connectivity index (χ3v) is 2.92. The minimum Gasteiger partial charge on any atom is -0.508 e. The zero-order valence-corrected chi connectivity index (χ0v) is 11.5. The van der Waals surface area contributed by atoms with Crippen LogP contribution in [0.1, 0.15) is 11.1 Å². The van der Waals surface area contributed by atoms with Crippen molar-refractivity contribution >= 4 is 17.4 Å². The summed E-state index contributed by atoms with van der Waals surface area (Å²) in [5, 5.41) is 14.2. The highest BCUT2D eigenvalue weighted by Crippen LogP contribution is 2.30. The standard InChI is InChI=1S/C15H13F3N2O2/c1-9-5-6-12(21)8-13(9)20-14(22)19-11-4-2-3-10(7-11)15(16,17)18/h2-8,21H,1H3,(H2,19,20,22). The highest BCUT2D eigenvalue weighted by Gasteiger charge is 2.30. The van der Waals surface area contributed by atoms with E-state index in [1.165, 1.54) is 24.3 Å². The van der Waals surface area contributed by atoms with Crippen molar-refractivity contribution in [1.82, 2.24) is 0 Å². The minimum atomic E-state index is -4.48. The Labute approximate surface area is 124 Å². The topological polar surface area (TPSA) is 61.4 Å². The molecule has 0 bridgehead atoms. The molecule has 0 heterocycles. The van der Waals surface area contributed by atoms with Crippen molar-refractivity contribution in [2.45, 2.75) is 13.1 Å². The van der Waals surface area contributed by atoms with E-state index in [2.05, 4.69) is 10.6 Å². The molecule has 2 rings (SSSR count). The number of amides is 2. The summed E-state index contributed by atoms with van der Waals surface area (Å²) in [6.45, 7) is 1.72. The molecule has 7 heteroatoms. The summed E-state index contributed by atoms with van der Waals surface area (Å²) in [6, 6.07) is 8.04. The maximum atomic E-state index is 12.6. The van der Waals surface area contributed by atoms with Crippen molar-refractivity contribution in [1.29, 1.82) is 0 Å². The fraction of sp³-hybridized carbons (Fsp3) is 0.133. The molecule has 3 N–H and O–H groups in total. The summed E-state index contributed by atoms with van der Waals surface area (Å²) in [5.74, 6) is -0.0278. The van der Waals surface area contributed by atoms with Gasteiger partial charge in [0.15, 0.2) is 0 Å². The van der Waals surface area contributed by atoms with Gasteiger partial charge in [-0.1, -0.05) is 12.1 Å². The lowest BCUT2D eigenvalue weighted by Gasteiger charge is -2.12. The van der Waals surface area contributed by atoms with Crippen molar-refractivity contribution in [2.75, 3.05) is 10.6 Å². The third-order valence-electron chi connectivity index (χ3n) is 2.92. The molecule has 0 saturated carbocycles. The van der Waals surface area contributed by atoms with Gasteiger partial charge in [-0.05, 0) is 36.8 Å². The highest BCUT2D eigenvalue weighted by molar-refractivity contribution is 6.00. The molecular formula is C15H13F3N2O2. The second-order valence-corrected chi connectivity index (χ2v) is 4.66. The van der Waals surface area contributed by atoms with Gasteiger partial charge in [0.2, 0.25) is 0 Å². The van der Waals surface area contributed by atoms with E-state index < -0.39 is 17.8 Å². The molecule has 0 atom stereocenters. The van der Waals surface area contributed by atoms with Gasteiger partial charge < -0.3 is 15.7 Å². The number of rotatable bonds is 2. The van der Waals surface area contributed by atoms with Gasteiger partial charge in [0.05, 0.1) is 5.56 Å². The average molecular weight is 310 g/mol. The van der Waals surface area contributed by atoms with E-state index in [4.69, 9.17) is 0 Å². The Morgan fingerprint density at radius 1 is 1.09 bits per heavy atom. The molecule has 0 aliphatic rings. The van der Waals surface area contributed by atoms with E-state index in [1.54, 1.807) is 13.0 Å². The Morgan fingerprint density at radius 3 is 2.50 bits per heavy atom. The molecule has 22 heavy (non-hydrogen) atoms. The molecular weight excluding hydrogens is 297 g/mol. The predicted molar refractivity (Wildman–Crippen MR) is 76.9 cm³/mol. The lowest BCUT2D eigenvalue weighted by molar-refractivity contribution is -0.137. The van der Waals surface area contributed by atoms with Crippen LogP contribution in [0.3, 0.4) is 0 Å². The highest BCUT2D eigenvalue weighted by atomic mass is 19.4. The number of hydrogen-bond donors (Lipinski definition) is 3. The number of carbonyl (C=O) groups is 1. The molecule has 0 spiro atoms. The van der Waals surface area contributed by atoms with Crippen LogP contribution >= 0.6 is 0 Å². The molecule has 0 aliphatic heterocycles. The van der Waals surface area contributed by atoms with Crippen LogP contribution in [0.15, 0.2) is 42.5 Å². The van der Waals surface area contributed by atoms with Crippen LogP contribution in [0.25, 0.3) is 0 Å². The number of alkyl halides is 3. The van der Waals surface area contributed by atoms with Gasteiger partial charge in [-0.15, -0.1) is 0 Å². The lowest BCUT2D eigenvalue weighted by Crippen LogP contribution is -2.20. The summed E-state index contributed by atoms with van der Waals surface area (Å²) < 4.78 is 37.8. The number of phenolic OH excluding ortho intramolecular Hbond substituents is 1. The Hall–Kier alpha value is -2.70. The first-order chi connectivity index (χ1) is 10.3. The Balaban J connectivity index is 2.11. The summed E-state index contributed by atoms with van der Waals surface area (Å²) >= 11 is 0. The normalized spacial score (nSPS) is 11.1. The van der Waals surface area contributed by atoms with E-state index in [9.17, 15) is 23.1 Å². The minimum absolute atomic E-state index is 0.0186. The first-order valence-electron chi connectivity index (χ1n) is 6.30. The molecule has 0 radical (unpaired) electrons. The summed E-state index contributed by atoms with van der Waals surface area (Å²) in [5.41, 5.74) is 0.241. The van der Waals surface area contributed by atoms with Crippen LogP contribution in [0.4, 0.5) is 29.3 Å². The summed E-state index contributed by atoms with van der Waals surface area (Å²) in [4.78, 5) is 11.8. The number of phenols is 1. The van der Waals surface area contributed by atoms with Crippen LogP contribution in [0, 0.1) is 6.92 Å². The molecule has 0 aromatic heterocycles.